The van der Waals surface area contributed by atoms with Gasteiger partial charge in [0.1, 0.15) is 0 Å². The van der Waals surface area contributed by atoms with Gasteiger partial charge >= 0.3 is 0 Å². The average Bonchev–Trinajstić information content (AvgIpc) is 2.18. The summed E-state index contributed by atoms with van der Waals surface area (Å²) in [5.41, 5.74) is 2.24. The highest BCUT2D eigenvalue weighted by atomic mass is 79.9. The lowest BCUT2D eigenvalue weighted by Crippen LogP contribution is -1.86. The SMILES string of the molecule is C=C(Br)CSCc1ccc(CO)cc1. The molecule has 0 atom stereocenters. The molecular weight excluding hydrogens is 260 g/mol. The predicted molar refractivity (Wildman–Crippen MR) is 66.6 cm³/mol. The minimum Gasteiger partial charge on any atom is -0.392 e. The fourth-order valence-electron chi connectivity index (χ4n) is 1.02. The summed E-state index contributed by atoms with van der Waals surface area (Å²) in [6.07, 6.45) is 0. The van der Waals surface area contributed by atoms with E-state index in [4.69, 9.17) is 5.11 Å². The number of benzene rings is 1. The molecule has 1 rings (SSSR count). The maximum Gasteiger partial charge on any atom is 0.0681 e. The molecule has 1 nitrogen and oxygen atoms in total. The second-order valence-corrected chi connectivity index (χ2v) is 5.09. The Labute approximate surface area is 97.4 Å². The van der Waals surface area contributed by atoms with Gasteiger partial charge in [-0.05, 0) is 15.6 Å². The van der Waals surface area contributed by atoms with Gasteiger partial charge in [-0.15, -0.1) is 0 Å². The Morgan fingerprint density at radius 3 is 2.36 bits per heavy atom. The first-order valence-electron chi connectivity index (χ1n) is 4.32. The van der Waals surface area contributed by atoms with Gasteiger partial charge in [-0.3, -0.25) is 0 Å². The first kappa shape index (κ1) is 11.8. The molecule has 1 aromatic carbocycles. The van der Waals surface area contributed by atoms with E-state index in [2.05, 4.69) is 34.6 Å². The van der Waals surface area contributed by atoms with E-state index in [-0.39, 0.29) is 6.61 Å². The standard InChI is InChI=1S/C11H13BrOS/c1-9(12)7-14-8-11-4-2-10(6-13)3-5-11/h2-5,13H,1,6-8H2. The highest BCUT2D eigenvalue weighted by Crippen LogP contribution is 2.17. The van der Waals surface area contributed by atoms with Gasteiger partial charge in [-0.2, -0.15) is 11.8 Å². The molecule has 0 unspecified atom stereocenters. The Kier molecular flexibility index (Phi) is 5.30. The first-order chi connectivity index (χ1) is 6.72. The Bertz CT molecular complexity index is 295. The van der Waals surface area contributed by atoms with Crippen molar-refractivity contribution in [3.8, 4) is 0 Å². The zero-order valence-electron chi connectivity index (χ0n) is 7.87. The van der Waals surface area contributed by atoms with Crippen molar-refractivity contribution >= 4 is 27.7 Å². The molecule has 3 heteroatoms. The van der Waals surface area contributed by atoms with Crippen LogP contribution in [0.2, 0.25) is 0 Å². The van der Waals surface area contributed by atoms with Gasteiger partial charge in [-0.1, -0.05) is 46.8 Å². The molecule has 0 saturated heterocycles. The van der Waals surface area contributed by atoms with Crippen LogP contribution in [-0.4, -0.2) is 10.9 Å². The number of hydrogen-bond donors (Lipinski definition) is 1. The molecule has 0 bridgehead atoms. The summed E-state index contributed by atoms with van der Waals surface area (Å²) in [7, 11) is 0. The molecule has 0 fully saturated rings. The predicted octanol–water partition coefficient (Wildman–Crippen LogP) is 3.32. The van der Waals surface area contributed by atoms with Gasteiger partial charge < -0.3 is 5.11 Å². The Morgan fingerprint density at radius 1 is 1.29 bits per heavy atom. The van der Waals surface area contributed by atoms with E-state index in [9.17, 15) is 0 Å². The molecular formula is C11H13BrOS. The average molecular weight is 273 g/mol. The van der Waals surface area contributed by atoms with Gasteiger partial charge in [0, 0.05) is 11.5 Å². The maximum atomic E-state index is 8.85. The minimum atomic E-state index is 0.117. The monoisotopic (exact) mass is 272 g/mol. The minimum absolute atomic E-state index is 0.117. The van der Waals surface area contributed by atoms with Gasteiger partial charge in [0.25, 0.3) is 0 Å². The van der Waals surface area contributed by atoms with Crippen molar-refractivity contribution in [3.63, 3.8) is 0 Å². The molecule has 0 amide bonds. The molecule has 1 aromatic rings. The van der Waals surface area contributed by atoms with E-state index in [0.717, 1.165) is 21.6 Å². The van der Waals surface area contributed by atoms with E-state index in [1.165, 1.54) is 5.56 Å². The molecule has 1 N–H and O–H groups in total. The zero-order chi connectivity index (χ0) is 10.4. The first-order valence-corrected chi connectivity index (χ1v) is 6.27. The second-order valence-electron chi connectivity index (χ2n) is 2.98. The van der Waals surface area contributed by atoms with Crippen molar-refractivity contribution in [3.05, 3.63) is 46.5 Å². The third-order valence-electron chi connectivity index (χ3n) is 1.73. The summed E-state index contributed by atoms with van der Waals surface area (Å²) >= 11 is 5.14. The molecule has 0 saturated carbocycles. The van der Waals surface area contributed by atoms with Crippen molar-refractivity contribution in [2.45, 2.75) is 12.4 Å². The maximum absolute atomic E-state index is 8.85. The van der Waals surface area contributed by atoms with E-state index in [0.29, 0.717) is 0 Å². The largest absolute Gasteiger partial charge is 0.392 e. The number of thioether (sulfide) groups is 1. The summed E-state index contributed by atoms with van der Waals surface area (Å²) in [6, 6.07) is 8.02. The molecule has 14 heavy (non-hydrogen) atoms. The Balaban J connectivity index is 2.40. The molecule has 0 aliphatic rings. The molecule has 0 aliphatic heterocycles. The van der Waals surface area contributed by atoms with Crippen LogP contribution in [0, 0.1) is 0 Å². The van der Waals surface area contributed by atoms with Crippen LogP contribution in [0.5, 0.6) is 0 Å². The van der Waals surface area contributed by atoms with Gasteiger partial charge in [0.05, 0.1) is 6.61 Å². The molecule has 0 aliphatic carbocycles. The zero-order valence-corrected chi connectivity index (χ0v) is 10.3. The van der Waals surface area contributed by atoms with Crippen LogP contribution in [0.25, 0.3) is 0 Å². The molecule has 0 heterocycles. The van der Waals surface area contributed by atoms with Crippen molar-refractivity contribution in [1.29, 1.82) is 0 Å². The summed E-state index contributed by atoms with van der Waals surface area (Å²) < 4.78 is 1.02. The fraction of sp³-hybridized carbons (Fsp3) is 0.273. The van der Waals surface area contributed by atoms with Crippen LogP contribution < -0.4 is 0 Å². The molecule has 0 radical (unpaired) electrons. The number of rotatable bonds is 5. The summed E-state index contributed by atoms with van der Waals surface area (Å²) in [6.45, 7) is 3.89. The lowest BCUT2D eigenvalue weighted by Gasteiger charge is -2.02. The molecule has 0 spiro atoms. The Morgan fingerprint density at radius 2 is 1.86 bits per heavy atom. The number of hydrogen-bond acceptors (Lipinski definition) is 2. The molecule has 76 valence electrons. The molecule has 0 aromatic heterocycles. The van der Waals surface area contributed by atoms with Crippen molar-refractivity contribution in [1.82, 2.24) is 0 Å². The van der Waals surface area contributed by atoms with E-state index in [1.807, 2.05) is 23.9 Å². The van der Waals surface area contributed by atoms with Crippen molar-refractivity contribution < 1.29 is 5.11 Å². The van der Waals surface area contributed by atoms with Crippen molar-refractivity contribution in [2.24, 2.45) is 0 Å². The summed E-state index contributed by atoms with van der Waals surface area (Å²) in [5, 5.41) is 8.85. The highest BCUT2D eigenvalue weighted by Gasteiger charge is 1.95. The van der Waals surface area contributed by atoms with Crippen LogP contribution in [0.1, 0.15) is 11.1 Å². The lowest BCUT2D eigenvalue weighted by atomic mass is 10.2. The second kappa shape index (κ2) is 6.27. The topological polar surface area (TPSA) is 20.2 Å². The highest BCUT2D eigenvalue weighted by molar-refractivity contribution is 9.11. The van der Waals surface area contributed by atoms with Crippen LogP contribution >= 0.6 is 27.7 Å². The van der Waals surface area contributed by atoms with Gasteiger partial charge in [0.2, 0.25) is 0 Å². The van der Waals surface area contributed by atoms with Gasteiger partial charge in [-0.25, -0.2) is 0 Å². The van der Waals surface area contributed by atoms with Crippen LogP contribution in [-0.2, 0) is 12.4 Å². The lowest BCUT2D eigenvalue weighted by molar-refractivity contribution is 0.282. The number of halogens is 1. The number of aliphatic hydroxyl groups is 1. The van der Waals surface area contributed by atoms with E-state index in [1.54, 1.807) is 0 Å². The van der Waals surface area contributed by atoms with Crippen LogP contribution in [0.4, 0.5) is 0 Å². The Hall–Kier alpha value is -0.250. The van der Waals surface area contributed by atoms with Crippen molar-refractivity contribution in [2.75, 3.05) is 5.75 Å². The van der Waals surface area contributed by atoms with Crippen LogP contribution in [0.3, 0.4) is 0 Å². The third-order valence-corrected chi connectivity index (χ3v) is 3.47. The van der Waals surface area contributed by atoms with E-state index < -0.39 is 0 Å². The fourth-order valence-corrected chi connectivity index (χ4v) is 2.26. The number of aliphatic hydroxyl groups excluding tert-OH is 1. The summed E-state index contributed by atoms with van der Waals surface area (Å²) in [4.78, 5) is 0. The normalized spacial score (nSPS) is 10.1. The van der Waals surface area contributed by atoms with Gasteiger partial charge in [0.15, 0.2) is 0 Å². The smallest absolute Gasteiger partial charge is 0.0681 e. The quantitative estimate of drug-likeness (QED) is 0.888. The summed E-state index contributed by atoms with van der Waals surface area (Å²) in [5.74, 6) is 1.91. The van der Waals surface area contributed by atoms with Crippen LogP contribution in [0.15, 0.2) is 35.3 Å². The van der Waals surface area contributed by atoms with E-state index >= 15 is 0 Å². The third kappa shape index (κ3) is 4.31.